The first-order chi connectivity index (χ1) is 12.3. The van der Waals surface area contributed by atoms with Gasteiger partial charge in [-0.15, -0.1) is 5.10 Å². The Kier molecular flexibility index (Phi) is 4.71. The molecule has 3 aromatic rings. The van der Waals surface area contributed by atoms with E-state index >= 15 is 0 Å². The molecule has 0 saturated heterocycles. The maximum absolute atomic E-state index is 13.1. The summed E-state index contributed by atoms with van der Waals surface area (Å²) in [6.45, 7) is 1.68. The number of benzene rings is 2. The fraction of sp³-hybridized carbons (Fsp3) is 0.0588. The van der Waals surface area contributed by atoms with Crippen LogP contribution in [0.2, 0.25) is 5.02 Å². The summed E-state index contributed by atoms with van der Waals surface area (Å²) in [5, 5.41) is 8.68. The summed E-state index contributed by atoms with van der Waals surface area (Å²) >= 11 is 6.10. The predicted octanol–water partition coefficient (Wildman–Crippen LogP) is 2.53. The van der Waals surface area contributed by atoms with E-state index < -0.39 is 10.0 Å². The van der Waals surface area contributed by atoms with Crippen LogP contribution in [0.3, 0.4) is 0 Å². The molecule has 7 nitrogen and oxygen atoms in total. The van der Waals surface area contributed by atoms with Gasteiger partial charge in [0, 0.05) is 22.2 Å². The summed E-state index contributed by atoms with van der Waals surface area (Å²) in [7, 11) is -3.79. The molecule has 2 aromatic carbocycles. The minimum Gasteiger partial charge on any atom is -0.369 e. The quantitative estimate of drug-likeness (QED) is 0.405. The van der Waals surface area contributed by atoms with Crippen LogP contribution in [0, 0.1) is 0 Å². The van der Waals surface area contributed by atoms with E-state index in [0.29, 0.717) is 27.2 Å². The van der Waals surface area contributed by atoms with Crippen molar-refractivity contribution in [2.24, 2.45) is 21.7 Å². The number of hydrogen-bond acceptors (Lipinski definition) is 4. The van der Waals surface area contributed by atoms with Crippen LogP contribution in [-0.4, -0.2) is 24.1 Å². The number of halogens is 1. The highest BCUT2D eigenvalue weighted by atomic mass is 35.5. The number of fused-ring (bicyclic) bond motifs is 1. The molecule has 0 bridgehead atoms. The van der Waals surface area contributed by atoms with Crippen LogP contribution in [0.15, 0.2) is 69.8 Å². The topological polar surface area (TPSA) is 116 Å². The van der Waals surface area contributed by atoms with Gasteiger partial charge in [-0.1, -0.05) is 29.8 Å². The Bertz CT molecular complexity index is 1130. The molecule has 0 aliphatic rings. The normalized spacial score (nSPS) is 12.3. The lowest BCUT2D eigenvalue weighted by atomic mass is 10.1. The second-order valence-corrected chi connectivity index (χ2v) is 7.78. The fourth-order valence-corrected chi connectivity index (χ4v) is 4.11. The monoisotopic (exact) mass is 389 g/mol. The number of aromatic nitrogens is 1. The number of nitrogens with zero attached hydrogens (tertiary/aromatic N) is 3. The van der Waals surface area contributed by atoms with Crippen LogP contribution in [0.25, 0.3) is 10.9 Å². The van der Waals surface area contributed by atoms with Crippen LogP contribution in [0.4, 0.5) is 0 Å². The van der Waals surface area contributed by atoms with Gasteiger partial charge in [-0.25, -0.2) is 12.4 Å². The minimum atomic E-state index is -3.79. The maximum atomic E-state index is 13.1. The highest BCUT2D eigenvalue weighted by molar-refractivity contribution is 7.90. The Hall–Kier alpha value is -2.84. The molecule has 0 amide bonds. The molecule has 1 aromatic heterocycles. The van der Waals surface area contributed by atoms with Crippen LogP contribution < -0.4 is 11.5 Å². The second kappa shape index (κ2) is 6.81. The molecule has 134 valence electrons. The van der Waals surface area contributed by atoms with Gasteiger partial charge < -0.3 is 11.5 Å². The van der Waals surface area contributed by atoms with Crippen molar-refractivity contribution >= 4 is 44.2 Å². The Morgan fingerprint density at radius 3 is 2.42 bits per heavy atom. The highest BCUT2D eigenvalue weighted by Gasteiger charge is 2.22. The number of nitrogens with two attached hydrogens (primary N) is 2. The lowest BCUT2D eigenvalue weighted by Gasteiger charge is -2.07. The van der Waals surface area contributed by atoms with Crippen molar-refractivity contribution in [1.29, 1.82) is 0 Å². The van der Waals surface area contributed by atoms with E-state index in [9.17, 15) is 8.42 Å². The van der Waals surface area contributed by atoms with Gasteiger partial charge in [0.05, 0.1) is 16.1 Å². The largest absolute Gasteiger partial charge is 0.369 e. The van der Waals surface area contributed by atoms with Gasteiger partial charge in [0.15, 0.2) is 0 Å². The molecule has 4 N–H and O–H groups in total. The molecule has 0 unspecified atom stereocenters. The third-order valence-corrected chi connectivity index (χ3v) is 5.66. The molecular weight excluding hydrogens is 374 g/mol. The number of rotatable bonds is 4. The second-order valence-electron chi connectivity index (χ2n) is 5.53. The van der Waals surface area contributed by atoms with E-state index in [4.69, 9.17) is 23.1 Å². The number of hydrogen-bond donors (Lipinski definition) is 2. The van der Waals surface area contributed by atoms with Crippen molar-refractivity contribution in [3.63, 3.8) is 0 Å². The Balaban J connectivity index is 2.29. The van der Waals surface area contributed by atoms with Gasteiger partial charge in [0.25, 0.3) is 10.0 Å². The summed E-state index contributed by atoms with van der Waals surface area (Å²) in [4.78, 5) is 0.178. The molecular formula is C17H16ClN5O2S. The zero-order chi connectivity index (χ0) is 18.9. The summed E-state index contributed by atoms with van der Waals surface area (Å²) < 4.78 is 27.3. The predicted molar refractivity (Wildman–Crippen MR) is 104 cm³/mol. The van der Waals surface area contributed by atoms with Crippen LogP contribution in [-0.2, 0) is 10.0 Å². The lowest BCUT2D eigenvalue weighted by molar-refractivity contribution is 0.589. The lowest BCUT2D eigenvalue weighted by Crippen LogP contribution is -2.22. The SMILES string of the molecule is C/C(=N/N=C(N)N)c1cn(S(=O)(=O)c2ccccc2)c2ccc(Cl)cc12. The molecule has 0 spiro atoms. The van der Waals surface area contributed by atoms with Gasteiger partial charge in [-0.3, -0.25) is 0 Å². The third kappa shape index (κ3) is 3.29. The van der Waals surface area contributed by atoms with E-state index in [1.807, 2.05) is 0 Å². The molecule has 26 heavy (non-hydrogen) atoms. The van der Waals surface area contributed by atoms with Crippen molar-refractivity contribution < 1.29 is 8.42 Å². The van der Waals surface area contributed by atoms with Gasteiger partial charge in [0.1, 0.15) is 0 Å². The first-order valence-electron chi connectivity index (χ1n) is 7.55. The smallest absolute Gasteiger partial charge is 0.268 e. The molecule has 1 heterocycles. The first-order valence-corrected chi connectivity index (χ1v) is 9.37. The van der Waals surface area contributed by atoms with Gasteiger partial charge >= 0.3 is 0 Å². The van der Waals surface area contributed by atoms with Crippen molar-refractivity contribution in [1.82, 2.24) is 3.97 Å². The highest BCUT2D eigenvalue weighted by Crippen LogP contribution is 2.29. The number of guanidine groups is 1. The average molecular weight is 390 g/mol. The van der Waals surface area contributed by atoms with E-state index in [0.717, 1.165) is 0 Å². The molecule has 9 heteroatoms. The van der Waals surface area contributed by atoms with Crippen LogP contribution in [0.5, 0.6) is 0 Å². The molecule has 0 aliphatic carbocycles. The van der Waals surface area contributed by atoms with Crippen molar-refractivity contribution in [2.75, 3.05) is 0 Å². The van der Waals surface area contributed by atoms with Crippen molar-refractivity contribution in [2.45, 2.75) is 11.8 Å². The molecule has 0 radical (unpaired) electrons. The van der Waals surface area contributed by atoms with E-state index in [-0.39, 0.29) is 10.9 Å². The fourth-order valence-electron chi connectivity index (χ4n) is 2.55. The van der Waals surface area contributed by atoms with E-state index in [1.165, 1.54) is 22.3 Å². The average Bonchev–Trinajstić information content (AvgIpc) is 3.00. The summed E-state index contributed by atoms with van der Waals surface area (Å²) in [6, 6.07) is 13.1. The van der Waals surface area contributed by atoms with Crippen molar-refractivity contribution in [3.05, 3.63) is 65.3 Å². The Morgan fingerprint density at radius 1 is 1.08 bits per heavy atom. The Labute approximate surface area is 155 Å². The van der Waals surface area contributed by atoms with Gasteiger partial charge in [-0.2, -0.15) is 5.10 Å². The molecule has 0 saturated carbocycles. The standard InChI is InChI=1S/C17H16ClN5O2S/c1-11(21-22-17(19)20)15-10-23(16-8-7-12(18)9-14(15)16)26(24,25)13-5-3-2-4-6-13/h2-10H,1H3,(H4,19,20,22)/b21-11-. The van der Waals surface area contributed by atoms with Gasteiger partial charge in [0.2, 0.25) is 5.96 Å². The zero-order valence-corrected chi connectivity index (χ0v) is 15.4. The van der Waals surface area contributed by atoms with E-state index in [2.05, 4.69) is 10.2 Å². The molecule has 0 fully saturated rings. The zero-order valence-electron chi connectivity index (χ0n) is 13.8. The van der Waals surface area contributed by atoms with Crippen LogP contribution >= 0.6 is 11.6 Å². The third-order valence-electron chi connectivity index (χ3n) is 3.74. The molecule has 0 aliphatic heterocycles. The maximum Gasteiger partial charge on any atom is 0.268 e. The first kappa shape index (κ1) is 18.0. The molecule has 3 rings (SSSR count). The summed E-state index contributed by atoms with van der Waals surface area (Å²) in [6.07, 6.45) is 1.49. The summed E-state index contributed by atoms with van der Waals surface area (Å²) in [5.41, 5.74) is 12.1. The minimum absolute atomic E-state index is 0.178. The van der Waals surface area contributed by atoms with E-state index in [1.54, 1.807) is 43.3 Å². The molecule has 0 atom stereocenters. The summed E-state index contributed by atoms with van der Waals surface area (Å²) in [5.74, 6) is -0.192. The van der Waals surface area contributed by atoms with Crippen LogP contribution in [0.1, 0.15) is 12.5 Å². The van der Waals surface area contributed by atoms with Gasteiger partial charge in [-0.05, 0) is 37.3 Å². The Morgan fingerprint density at radius 2 is 1.77 bits per heavy atom. The van der Waals surface area contributed by atoms with Crippen molar-refractivity contribution in [3.8, 4) is 0 Å².